The van der Waals surface area contributed by atoms with Crippen LogP contribution in [0.15, 0.2) is 34.7 Å². The molecule has 6 heteroatoms. The van der Waals surface area contributed by atoms with Crippen LogP contribution in [0.5, 0.6) is 0 Å². The number of hydrogen-bond donors (Lipinski definition) is 1. The van der Waals surface area contributed by atoms with Crippen LogP contribution in [0, 0.1) is 5.92 Å². The summed E-state index contributed by atoms with van der Waals surface area (Å²) in [4.78, 5) is 25.9. The van der Waals surface area contributed by atoms with Gasteiger partial charge in [0.1, 0.15) is 11.3 Å². The third-order valence-corrected chi connectivity index (χ3v) is 5.17. The maximum atomic E-state index is 12.7. The summed E-state index contributed by atoms with van der Waals surface area (Å²) in [6.45, 7) is 3.71. The van der Waals surface area contributed by atoms with Gasteiger partial charge in [-0.05, 0) is 31.4 Å². The minimum absolute atomic E-state index is 0.104. The zero-order valence-corrected chi connectivity index (χ0v) is 15.4. The topological polar surface area (TPSA) is 71.8 Å². The highest BCUT2D eigenvalue weighted by Crippen LogP contribution is 2.32. The molecule has 2 amide bonds. The first-order chi connectivity index (χ1) is 12.6. The lowest BCUT2D eigenvalue weighted by Gasteiger charge is -2.33. The van der Waals surface area contributed by atoms with E-state index in [1.54, 1.807) is 0 Å². The highest BCUT2D eigenvalue weighted by molar-refractivity contribution is 5.80. The predicted octanol–water partition coefficient (Wildman–Crippen LogP) is 3.52. The summed E-state index contributed by atoms with van der Waals surface area (Å²) in [5.74, 6) is 1.25. The van der Waals surface area contributed by atoms with Gasteiger partial charge in [-0.3, -0.25) is 4.79 Å². The van der Waals surface area contributed by atoms with Crippen LogP contribution in [-0.2, 0) is 9.53 Å². The number of nitrogens with zero attached hydrogens (tertiary/aromatic N) is 1. The molecule has 1 aliphatic heterocycles. The van der Waals surface area contributed by atoms with Gasteiger partial charge in [-0.2, -0.15) is 0 Å². The van der Waals surface area contributed by atoms with Gasteiger partial charge in [0.2, 0.25) is 5.91 Å². The SMILES string of the molecule is CCC(CNC(=O)OC)C(=O)N1CCC(c2cc3ccccc3o2)CC1. The second-order valence-corrected chi connectivity index (χ2v) is 6.76. The number of hydrogen-bond acceptors (Lipinski definition) is 4. The molecule has 140 valence electrons. The van der Waals surface area contributed by atoms with Gasteiger partial charge in [-0.15, -0.1) is 0 Å². The molecule has 1 saturated heterocycles. The van der Waals surface area contributed by atoms with E-state index in [9.17, 15) is 9.59 Å². The summed E-state index contributed by atoms with van der Waals surface area (Å²) >= 11 is 0. The molecule has 0 aliphatic carbocycles. The number of piperidine rings is 1. The predicted molar refractivity (Wildman–Crippen MR) is 99.0 cm³/mol. The number of methoxy groups -OCH3 is 1. The fraction of sp³-hybridized carbons (Fsp3) is 0.500. The molecule has 1 aromatic heterocycles. The second-order valence-electron chi connectivity index (χ2n) is 6.76. The number of carbonyl (C=O) groups is 2. The number of furan rings is 1. The van der Waals surface area contributed by atoms with Crippen LogP contribution in [0.25, 0.3) is 11.0 Å². The normalized spacial score (nSPS) is 16.5. The molecule has 1 fully saturated rings. The lowest BCUT2D eigenvalue weighted by atomic mass is 9.93. The van der Waals surface area contributed by atoms with Crippen LogP contribution in [0.2, 0.25) is 0 Å². The zero-order chi connectivity index (χ0) is 18.5. The minimum Gasteiger partial charge on any atom is -0.461 e. The third kappa shape index (κ3) is 4.00. The number of para-hydroxylation sites is 1. The van der Waals surface area contributed by atoms with Gasteiger partial charge < -0.3 is 19.4 Å². The molecule has 0 spiro atoms. The Morgan fingerprint density at radius 3 is 2.69 bits per heavy atom. The Balaban J connectivity index is 1.56. The Hall–Kier alpha value is -2.50. The summed E-state index contributed by atoms with van der Waals surface area (Å²) in [6, 6.07) is 10.1. The van der Waals surface area contributed by atoms with E-state index in [2.05, 4.69) is 22.2 Å². The summed E-state index contributed by atoms with van der Waals surface area (Å²) in [5, 5.41) is 3.76. The van der Waals surface area contributed by atoms with E-state index in [-0.39, 0.29) is 11.8 Å². The smallest absolute Gasteiger partial charge is 0.406 e. The highest BCUT2D eigenvalue weighted by atomic mass is 16.5. The number of amides is 2. The van der Waals surface area contributed by atoms with Crippen molar-refractivity contribution < 1.29 is 18.7 Å². The van der Waals surface area contributed by atoms with Gasteiger partial charge in [0, 0.05) is 30.9 Å². The number of nitrogens with one attached hydrogen (secondary N) is 1. The fourth-order valence-electron chi connectivity index (χ4n) is 3.53. The number of ether oxygens (including phenoxy) is 1. The van der Waals surface area contributed by atoms with Crippen molar-refractivity contribution in [2.24, 2.45) is 5.92 Å². The summed E-state index contributed by atoms with van der Waals surface area (Å²) in [6.07, 6.45) is 1.98. The highest BCUT2D eigenvalue weighted by Gasteiger charge is 2.29. The average Bonchev–Trinajstić information content (AvgIpc) is 3.12. The van der Waals surface area contributed by atoms with Crippen molar-refractivity contribution in [1.29, 1.82) is 0 Å². The van der Waals surface area contributed by atoms with Crippen molar-refractivity contribution in [3.63, 3.8) is 0 Å². The van der Waals surface area contributed by atoms with Crippen LogP contribution in [0.3, 0.4) is 0 Å². The number of benzene rings is 1. The first-order valence-corrected chi connectivity index (χ1v) is 9.21. The first-order valence-electron chi connectivity index (χ1n) is 9.21. The van der Waals surface area contributed by atoms with Gasteiger partial charge in [-0.1, -0.05) is 25.1 Å². The second kappa shape index (κ2) is 8.25. The molecule has 1 unspecified atom stereocenters. The Labute approximate surface area is 153 Å². The molecule has 1 aliphatic rings. The number of carbonyl (C=O) groups excluding carboxylic acids is 2. The number of rotatable bonds is 5. The van der Waals surface area contributed by atoms with Crippen LogP contribution in [-0.4, -0.2) is 43.6 Å². The maximum absolute atomic E-state index is 12.7. The van der Waals surface area contributed by atoms with Crippen molar-refractivity contribution in [3.8, 4) is 0 Å². The van der Waals surface area contributed by atoms with E-state index >= 15 is 0 Å². The van der Waals surface area contributed by atoms with Gasteiger partial charge in [-0.25, -0.2) is 4.79 Å². The van der Waals surface area contributed by atoms with Gasteiger partial charge in [0.25, 0.3) is 0 Å². The Kier molecular flexibility index (Phi) is 5.81. The van der Waals surface area contributed by atoms with E-state index < -0.39 is 6.09 Å². The molecule has 26 heavy (non-hydrogen) atoms. The largest absolute Gasteiger partial charge is 0.461 e. The molecule has 0 saturated carbocycles. The van der Waals surface area contributed by atoms with Crippen LogP contribution < -0.4 is 5.32 Å². The molecule has 2 heterocycles. The quantitative estimate of drug-likeness (QED) is 0.888. The van der Waals surface area contributed by atoms with Gasteiger partial charge in [0.05, 0.1) is 13.0 Å². The van der Waals surface area contributed by atoms with Crippen molar-refractivity contribution in [2.75, 3.05) is 26.7 Å². The van der Waals surface area contributed by atoms with E-state index in [1.807, 2.05) is 30.0 Å². The molecule has 1 aromatic carbocycles. The Morgan fingerprint density at radius 2 is 2.04 bits per heavy atom. The monoisotopic (exact) mass is 358 g/mol. The van der Waals surface area contributed by atoms with E-state index in [4.69, 9.17) is 4.42 Å². The molecule has 1 atom stereocenters. The Morgan fingerprint density at radius 1 is 1.31 bits per heavy atom. The van der Waals surface area contributed by atoms with Crippen LogP contribution >= 0.6 is 0 Å². The zero-order valence-electron chi connectivity index (χ0n) is 15.4. The number of likely N-dealkylation sites (tertiary alicyclic amines) is 1. The van der Waals surface area contributed by atoms with E-state index in [0.29, 0.717) is 18.9 Å². The molecule has 2 aromatic rings. The molecule has 1 N–H and O–H groups in total. The first kappa shape index (κ1) is 18.3. The van der Waals surface area contributed by atoms with Crippen molar-refractivity contribution in [2.45, 2.75) is 32.1 Å². The molecular weight excluding hydrogens is 332 g/mol. The third-order valence-electron chi connectivity index (χ3n) is 5.17. The standard InChI is InChI=1S/C20H26N2O4/c1-3-14(13-21-20(24)25-2)19(23)22-10-8-15(9-11-22)18-12-16-6-4-5-7-17(16)26-18/h4-7,12,14-15H,3,8-11,13H2,1-2H3,(H,21,24). The summed E-state index contributed by atoms with van der Waals surface area (Å²) in [5.41, 5.74) is 0.918. The molecule has 3 rings (SSSR count). The van der Waals surface area contributed by atoms with Crippen molar-refractivity contribution in [3.05, 3.63) is 36.1 Å². The lowest BCUT2D eigenvalue weighted by Crippen LogP contribution is -2.44. The summed E-state index contributed by atoms with van der Waals surface area (Å²) in [7, 11) is 1.32. The van der Waals surface area contributed by atoms with E-state index in [0.717, 1.165) is 42.7 Å². The van der Waals surface area contributed by atoms with Gasteiger partial charge in [0.15, 0.2) is 0 Å². The molecule has 6 nitrogen and oxygen atoms in total. The number of alkyl carbamates (subject to hydrolysis) is 1. The maximum Gasteiger partial charge on any atom is 0.406 e. The fourth-order valence-corrected chi connectivity index (χ4v) is 3.53. The van der Waals surface area contributed by atoms with Crippen LogP contribution in [0.4, 0.5) is 4.79 Å². The van der Waals surface area contributed by atoms with Crippen LogP contribution in [0.1, 0.15) is 37.9 Å². The molecular formula is C20H26N2O4. The van der Waals surface area contributed by atoms with Crippen molar-refractivity contribution >= 4 is 23.0 Å². The minimum atomic E-state index is -0.500. The molecule has 0 radical (unpaired) electrons. The average molecular weight is 358 g/mol. The Bertz CT molecular complexity index is 729. The molecule has 0 bridgehead atoms. The summed E-state index contributed by atoms with van der Waals surface area (Å²) < 4.78 is 10.6. The van der Waals surface area contributed by atoms with Crippen molar-refractivity contribution in [1.82, 2.24) is 10.2 Å². The van der Waals surface area contributed by atoms with Gasteiger partial charge >= 0.3 is 6.09 Å². The van der Waals surface area contributed by atoms with E-state index in [1.165, 1.54) is 7.11 Å². The number of fused-ring (bicyclic) bond motifs is 1. The lowest BCUT2D eigenvalue weighted by molar-refractivity contribution is -0.136.